The molecule has 0 aliphatic carbocycles. The minimum absolute atomic E-state index is 0.111. The first-order valence-electron chi connectivity index (χ1n) is 5.96. The molecular formula is C12H15N5O. The van der Waals surface area contributed by atoms with Gasteiger partial charge >= 0.3 is 0 Å². The predicted molar refractivity (Wildman–Crippen MR) is 65.1 cm³/mol. The lowest BCUT2D eigenvalue weighted by Gasteiger charge is -2.10. The molecule has 1 unspecified atom stereocenters. The number of hydrogen-bond donors (Lipinski definition) is 1. The molecule has 2 aromatic rings. The molecule has 94 valence electrons. The fourth-order valence-corrected chi connectivity index (χ4v) is 2.16. The first-order chi connectivity index (χ1) is 8.72. The van der Waals surface area contributed by atoms with Gasteiger partial charge in [0.25, 0.3) is 0 Å². The third-order valence-electron chi connectivity index (χ3n) is 3.09. The van der Waals surface area contributed by atoms with Gasteiger partial charge < -0.3 is 10.5 Å². The zero-order chi connectivity index (χ0) is 12.5. The van der Waals surface area contributed by atoms with Crippen LogP contribution in [0.5, 0.6) is 5.75 Å². The van der Waals surface area contributed by atoms with Crippen LogP contribution in [0.4, 0.5) is 0 Å². The molecule has 1 aliphatic rings. The molecule has 1 aliphatic heterocycles. The van der Waals surface area contributed by atoms with E-state index in [4.69, 9.17) is 10.5 Å². The van der Waals surface area contributed by atoms with E-state index in [2.05, 4.69) is 21.5 Å². The number of aromatic nitrogens is 4. The van der Waals surface area contributed by atoms with Gasteiger partial charge in [-0.3, -0.25) is 0 Å². The Hall–Kier alpha value is -1.95. The number of ether oxygens (including phenoxy) is 1. The maximum absolute atomic E-state index is 6.17. The predicted octanol–water partition coefficient (Wildman–Crippen LogP) is 0.387. The van der Waals surface area contributed by atoms with Crippen molar-refractivity contribution in [1.82, 2.24) is 20.2 Å². The third kappa shape index (κ3) is 2.06. The van der Waals surface area contributed by atoms with Crippen molar-refractivity contribution in [2.24, 2.45) is 12.8 Å². The van der Waals surface area contributed by atoms with E-state index in [0.717, 1.165) is 24.3 Å². The van der Waals surface area contributed by atoms with Crippen LogP contribution in [0, 0.1) is 0 Å². The molecule has 0 fully saturated rings. The minimum atomic E-state index is -0.111. The highest BCUT2D eigenvalue weighted by atomic mass is 16.5. The number of rotatable bonds is 3. The van der Waals surface area contributed by atoms with Crippen LogP contribution in [0.1, 0.15) is 23.0 Å². The van der Waals surface area contributed by atoms with E-state index in [1.165, 1.54) is 10.4 Å². The molecule has 1 atom stereocenters. The molecule has 3 rings (SSSR count). The van der Waals surface area contributed by atoms with Crippen LogP contribution in [0.3, 0.4) is 0 Å². The molecule has 0 spiro atoms. The van der Waals surface area contributed by atoms with Crippen molar-refractivity contribution >= 4 is 0 Å². The molecule has 6 nitrogen and oxygen atoms in total. The van der Waals surface area contributed by atoms with Gasteiger partial charge in [-0.1, -0.05) is 12.1 Å². The summed E-state index contributed by atoms with van der Waals surface area (Å²) in [5, 5.41) is 11.9. The third-order valence-corrected chi connectivity index (χ3v) is 3.09. The number of aryl methyl sites for hydroxylation is 1. The van der Waals surface area contributed by atoms with Crippen LogP contribution in [0.15, 0.2) is 18.2 Å². The Labute approximate surface area is 105 Å². The molecule has 0 amide bonds. The summed E-state index contributed by atoms with van der Waals surface area (Å²) >= 11 is 0. The quantitative estimate of drug-likeness (QED) is 0.846. The zero-order valence-corrected chi connectivity index (χ0v) is 10.2. The maximum Gasteiger partial charge on any atom is 0.176 e. The molecule has 0 saturated carbocycles. The van der Waals surface area contributed by atoms with Gasteiger partial charge in [-0.05, 0) is 22.4 Å². The van der Waals surface area contributed by atoms with Gasteiger partial charge in [0, 0.05) is 18.9 Å². The number of nitrogens with two attached hydrogens (primary N) is 1. The topological polar surface area (TPSA) is 78.9 Å². The normalized spacial score (nSPS) is 15.2. The van der Waals surface area contributed by atoms with Gasteiger partial charge in [-0.25, -0.2) is 0 Å². The fraction of sp³-hybridized carbons (Fsp3) is 0.417. The van der Waals surface area contributed by atoms with Crippen molar-refractivity contribution in [2.45, 2.75) is 18.9 Å². The monoisotopic (exact) mass is 245 g/mol. The van der Waals surface area contributed by atoms with Crippen LogP contribution in [0.2, 0.25) is 0 Å². The van der Waals surface area contributed by atoms with Gasteiger partial charge in [-0.15, -0.1) is 10.2 Å². The number of hydrogen-bond acceptors (Lipinski definition) is 5. The Balaban J connectivity index is 1.78. The van der Waals surface area contributed by atoms with E-state index >= 15 is 0 Å². The second-order valence-corrected chi connectivity index (χ2v) is 4.47. The summed E-state index contributed by atoms with van der Waals surface area (Å²) in [6.45, 7) is 0.764. The lowest BCUT2D eigenvalue weighted by molar-refractivity contribution is 0.357. The van der Waals surface area contributed by atoms with Gasteiger partial charge in [-0.2, -0.15) is 4.80 Å². The van der Waals surface area contributed by atoms with E-state index in [1.807, 2.05) is 12.1 Å². The Bertz CT molecular complexity index is 565. The SMILES string of the molecule is Cn1nnc(CC(N)c2ccc3c(c2)CCO3)n1. The molecule has 2 heterocycles. The number of fused-ring (bicyclic) bond motifs is 1. The average Bonchev–Trinajstić information content (AvgIpc) is 2.96. The highest BCUT2D eigenvalue weighted by molar-refractivity contribution is 5.40. The Kier molecular flexibility index (Phi) is 2.71. The first kappa shape index (κ1) is 11.2. The van der Waals surface area contributed by atoms with Crippen LogP contribution >= 0.6 is 0 Å². The van der Waals surface area contributed by atoms with Crippen molar-refractivity contribution in [2.75, 3.05) is 6.61 Å². The van der Waals surface area contributed by atoms with Crippen molar-refractivity contribution in [3.63, 3.8) is 0 Å². The molecule has 1 aromatic heterocycles. The maximum atomic E-state index is 6.17. The molecule has 2 N–H and O–H groups in total. The average molecular weight is 245 g/mol. The van der Waals surface area contributed by atoms with Crippen molar-refractivity contribution in [3.8, 4) is 5.75 Å². The Morgan fingerprint density at radius 3 is 3.17 bits per heavy atom. The molecule has 0 radical (unpaired) electrons. The van der Waals surface area contributed by atoms with Crippen LogP contribution in [-0.4, -0.2) is 26.8 Å². The van der Waals surface area contributed by atoms with Crippen molar-refractivity contribution in [3.05, 3.63) is 35.2 Å². The van der Waals surface area contributed by atoms with Crippen molar-refractivity contribution in [1.29, 1.82) is 0 Å². The lowest BCUT2D eigenvalue weighted by atomic mass is 10.0. The van der Waals surface area contributed by atoms with Crippen LogP contribution in [0.25, 0.3) is 0 Å². The largest absolute Gasteiger partial charge is 0.493 e. The van der Waals surface area contributed by atoms with E-state index in [9.17, 15) is 0 Å². The lowest BCUT2D eigenvalue weighted by Crippen LogP contribution is -2.14. The summed E-state index contributed by atoms with van der Waals surface area (Å²) in [4.78, 5) is 1.44. The molecule has 0 saturated heterocycles. The van der Waals surface area contributed by atoms with E-state index in [-0.39, 0.29) is 6.04 Å². The molecule has 18 heavy (non-hydrogen) atoms. The summed E-state index contributed by atoms with van der Waals surface area (Å²) < 4.78 is 5.48. The molecule has 0 bridgehead atoms. The zero-order valence-electron chi connectivity index (χ0n) is 10.2. The Morgan fingerprint density at radius 1 is 1.50 bits per heavy atom. The summed E-state index contributed by atoms with van der Waals surface area (Å²) in [5.74, 6) is 1.64. The molecule has 1 aromatic carbocycles. The van der Waals surface area contributed by atoms with Gasteiger partial charge in [0.2, 0.25) is 0 Å². The molecule has 6 heteroatoms. The Morgan fingerprint density at radius 2 is 2.39 bits per heavy atom. The first-order valence-corrected chi connectivity index (χ1v) is 5.96. The van der Waals surface area contributed by atoms with Gasteiger partial charge in [0.05, 0.1) is 13.7 Å². The smallest absolute Gasteiger partial charge is 0.176 e. The number of nitrogens with zero attached hydrogens (tertiary/aromatic N) is 4. The van der Waals surface area contributed by atoms with Gasteiger partial charge in [0.1, 0.15) is 5.75 Å². The van der Waals surface area contributed by atoms with Gasteiger partial charge in [0.15, 0.2) is 5.82 Å². The highest BCUT2D eigenvalue weighted by Gasteiger charge is 2.16. The van der Waals surface area contributed by atoms with E-state index in [0.29, 0.717) is 12.2 Å². The van der Waals surface area contributed by atoms with E-state index in [1.54, 1.807) is 7.05 Å². The minimum Gasteiger partial charge on any atom is -0.493 e. The van der Waals surface area contributed by atoms with Crippen LogP contribution < -0.4 is 10.5 Å². The summed E-state index contributed by atoms with van der Waals surface area (Å²) in [6.07, 6.45) is 1.55. The fourth-order valence-electron chi connectivity index (χ4n) is 2.16. The second kappa shape index (κ2) is 4.38. The summed E-state index contributed by atoms with van der Waals surface area (Å²) in [7, 11) is 1.74. The molecular weight excluding hydrogens is 230 g/mol. The summed E-state index contributed by atoms with van der Waals surface area (Å²) in [5.41, 5.74) is 8.49. The number of benzene rings is 1. The number of tetrazole rings is 1. The van der Waals surface area contributed by atoms with Crippen molar-refractivity contribution < 1.29 is 4.74 Å². The van der Waals surface area contributed by atoms with Crippen LogP contribution in [-0.2, 0) is 19.9 Å². The standard InChI is InChI=1S/C12H15N5O/c1-17-15-12(14-16-17)7-10(13)8-2-3-11-9(6-8)4-5-18-11/h2-3,6,10H,4-5,7,13H2,1H3. The van der Waals surface area contributed by atoms with E-state index < -0.39 is 0 Å². The second-order valence-electron chi connectivity index (χ2n) is 4.47. The highest BCUT2D eigenvalue weighted by Crippen LogP contribution is 2.28. The summed E-state index contributed by atoms with van der Waals surface area (Å²) in [6, 6.07) is 6.00.